The molecule has 0 aromatic carbocycles. The van der Waals surface area contributed by atoms with Crippen molar-refractivity contribution in [2.24, 2.45) is 0 Å². The monoisotopic (exact) mass is 80.1 g/mol. The zero-order chi connectivity index (χ0) is 8.15. The molecule has 1 N–H and O–H groups in total. The van der Waals surface area contributed by atoms with E-state index in [1.807, 2.05) is 0 Å². The summed E-state index contributed by atoms with van der Waals surface area (Å²) in [6.07, 6.45) is -2.96. The molecule has 1 aliphatic heterocycles. The van der Waals surface area contributed by atoms with E-state index in [1.54, 1.807) is 0 Å². The Morgan fingerprint density at radius 2 is 3.40 bits per heavy atom. The first-order valence-electron chi connectivity index (χ1n) is 3.73. The van der Waals surface area contributed by atoms with E-state index in [4.69, 9.17) is 6.89 Å². The fourth-order valence-corrected chi connectivity index (χ4v) is 0.113. The maximum atomic E-state index is 12.6. The lowest BCUT2D eigenvalue weighted by Gasteiger charge is -2.17. The number of hydrogen-bond acceptors (Lipinski definition) is 1. The van der Waals surface area contributed by atoms with Crippen molar-refractivity contribution in [3.05, 3.63) is 0 Å². The summed E-state index contributed by atoms with van der Waals surface area (Å²) in [6, 6.07) is 0. The van der Waals surface area contributed by atoms with Gasteiger partial charge < -0.3 is 5.31 Å². The third-order valence-electron chi connectivity index (χ3n) is 0.349. The zero-order valence-corrected chi connectivity index (χ0v) is 2.40. The minimum Gasteiger partial charge on any atom is -0.311 e. The van der Waals surface area contributed by atoms with Crippen LogP contribution >= 0.6 is 0 Å². The van der Waals surface area contributed by atoms with Crippen LogP contribution < -0.4 is 5.31 Å². The highest BCUT2D eigenvalue weighted by Crippen LogP contribution is 1.92. The summed E-state index contributed by atoms with van der Waals surface area (Å²) in [5.41, 5.74) is 0. The summed E-state index contributed by atoms with van der Waals surface area (Å²) in [4.78, 5) is 0. The zero-order valence-electron chi connectivity index (χ0n) is 7.40. The molecule has 1 rings (SSSR count). The molecule has 1 aliphatic rings. The summed E-state index contributed by atoms with van der Waals surface area (Å²) in [6.45, 7) is -4.37. The topological polar surface area (TPSA) is 12.0 Å². The summed E-state index contributed by atoms with van der Waals surface area (Å²) in [5, 5.41) is 0.125. The fourth-order valence-electron chi connectivity index (χ4n) is 0.113. The van der Waals surface area contributed by atoms with E-state index in [0.717, 1.165) is 0 Å². The van der Waals surface area contributed by atoms with E-state index >= 15 is 0 Å². The largest absolute Gasteiger partial charge is 0.311 e. The van der Waals surface area contributed by atoms with Gasteiger partial charge in [-0.1, -0.05) is 0 Å². The van der Waals surface area contributed by atoms with Crippen LogP contribution in [0.25, 0.3) is 0 Å². The van der Waals surface area contributed by atoms with E-state index in [-0.39, 0.29) is 5.31 Å². The Morgan fingerprint density at radius 1 is 2.60 bits per heavy atom. The molecule has 5 heavy (non-hydrogen) atoms. The molecule has 2 unspecified atom stereocenters. The molecule has 0 aromatic rings. The van der Waals surface area contributed by atoms with Crippen LogP contribution in [0.15, 0.2) is 0 Å². The predicted molar refractivity (Wildman–Crippen MR) is 17.8 cm³/mol. The van der Waals surface area contributed by atoms with Gasteiger partial charge in [-0.15, -0.1) is 0 Å². The van der Waals surface area contributed by atoms with Crippen LogP contribution in [-0.4, -0.2) is 19.2 Å². The molecule has 0 amide bonds. The Morgan fingerprint density at radius 3 is 3.60 bits per heavy atom. The van der Waals surface area contributed by atoms with Gasteiger partial charge in [0.15, 0.2) is 0 Å². The molecule has 0 aliphatic carbocycles. The van der Waals surface area contributed by atoms with E-state index in [2.05, 4.69) is 0 Å². The quantitative estimate of drug-likeness (QED) is 0.429. The van der Waals surface area contributed by atoms with Crippen molar-refractivity contribution in [2.75, 3.05) is 13.0 Å². The summed E-state index contributed by atoms with van der Waals surface area (Å²) < 4.78 is 46.0. The molecule has 0 bridgehead atoms. The molecule has 1 saturated heterocycles. The van der Waals surface area contributed by atoms with Gasteiger partial charge in [0.25, 0.3) is 0 Å². The third kappa shape index (κ3) is 0.401. The van der Waals surface area contributed by atoms with Gasteiger partial charge in [-0.05, 0) is 0 Å². The molecule has 2 atom stereocenters. The molecule has 0 aromatic heterocycles. The predicted octanol–water partition coefficient (Wildman–Crippen LogP) is -0.0723. The van der Waals surface area contributed by atoms with Crippen molar-refractivity contribution in [1.82, 2.24) is 5.31 Å². The summed E-state index contributed by atoms with van der Waals surface area (Å²) in [7, 11) is 0. The van der Waals surface area contributed by atoms with E-state index in [0.29, 0.717) is 0 Å². The number of alkyl halides is 1. The first kappa shape index (κ1) is 0.757. The van der Waals surface area contributed by atoms with Gasteiger partial charge in [0.05, 0.1) is 1.37 Å². The van der Waals surface area contributed by atoms with Crippen molar-refractivity contribution < 1.29 is 11.3 Å². The molecule has 2 heteroatoms. The van der Waals surface area contributed by atoms with Gasteiger partial charge in [-0.2, -0.15) is 0 Å². The molecule has 30 valence electrons. The van der Waals surface area contributed by atoms with Gasteiger partial charge in [0.2, 0.25) is 0 Å². The minimum atomic E-state index is -2.96. The first-order chi connectivity index (χ1) is 4.32. The molecule has 0 saturated carbocycles. The second-order valence-corrected chi connectivity index (χ2v) is 0.718. The molecule has 1 nitrogen and oxygen atoms in total. The maximum absolute atomic E-state index is 12.6. The van der Waals surface area contributed by atoms with Gasteiger partial charge in [-0.3, -0.25) is 0 Å². The standard InChI is InChI=1S/C3H6FN/c4-3-1-5-2-3/h3,5H,1-2H2/i1D,2D2,3D/hD. The summed E-state index contributed by atoms with van der Waals surface area (Å²) in [5.74, 6) is 0. The Hall–Kier alpha value is -0.110. The van der Waals surface area contributed by atoms with Gasteiger partial charge in [0, 0.05) is 17.1 Å². The van der Waals surface area contributed by atoms with Crippen molar-refractivity contribution in [3.63, 3.8) is 0 Å². The van der Waals surface area contributed by atoms with Gasteiger partial charge >= 0.3 is 0 Å². The average Bonchev–Trinajstić information content (AvgIpc) is 1.84. The van der Waals surface area contributed by atoms with Crippen LogP contribution in [0.4, 0.5) is 4.39 Å². The lowest BCUT2D eigenvalue weighted by molar-refractivity contribution is 0.237. The van der Waals surface area contributed by atoms with E-state index in [1.165, 1.54) is 0 Å². The highest BCUT2D eigenvalue weighted by atomic mass is 19.1. The van der Waals surface area contributed by atoms with Crippen LogP contribution in [0, 0.1) is 0 Å². The Labute approximate surface area is 37.3 Å². The van der Waals surface area contributed by atoms with Crippen molar-refractivity contribution >= 4 is 0 Å². The first-order valence-corrected chi connectivity index (χ1v) is 1.21. The number of hydrogen-bond donors (Lipinski definition) is 1. The Kier molecular flexibility index (Phi) is 0.142. The average molecular weight is 80.1 g/mol. The molecule has 0 spiro atoms. The van der Waals surface area contributed by atoms with Crippen molar-refractivity contribution in [3.8, 4) is 0 Å². The molecular formula is C3H6FN. The van der Waals surface area contributed by atoms with Gasteiger partial charge in [0.1, 0.15) is 7.56 Å². The van der Waals surface area contributed by atoms with E-state index < -0.39 is 19.2 Å². The normalized spacial score (nSPS) is 94.6. The lowest BCUT2D eigenvalue weighted by atomic mass is 10.3. The highest BCUT2D eigenvalue weighted by Gasteiger charge is 2.12. The van der Waals surface area contributed by atoms with Crippen LogP contribution in [0.5, 0.6) is 0 Å². The van der Waals surface area contributed by atoms with Gasteiger partial charge in [-0.25, -0.2) is 4.39 Å². The highest BCUT2D eigenvalue weighted by molar-refractivity contribution is 4.71. The lowest BCUT2D eigenvalue weighted by Crippen LogP contribution is -2.43. The van der Waals surface area contributed by atoms with Crippen LogP contribution in [-0.2, 0) is 0 Å². The second kappa shape index (κ2) is 0.937. The molecule has 1 heterocycles. The van der Waals surface area contributed by atoms with Crippen molar-refractivity contribution in [2.45, 2.75) is 6.15 Å². The minimum absolute atomic E-state index is 0.125. The molecule has 0 radical (unpaired) electrons. The van der Waals surface area contributed by atoms with Crippen molar-refractivity contribution in [1.29, 1.82) is 0 Å². The maximum Gasteiger partial charge on any atom is 0.125 e. The van der Waals surface area contributed by atoms with E-state index in [9.17, 15) is 4.39 Å². The fraction of sp³-hybridized carbons (Fsp3) is 1.00. The third-order valence-corrected chi connectivity index (χ3v) is 0.349. The SMILES string of the molecule is [2H]C1N([2H])C([2H])([2H])C1([2H])F. The van der Waals surface area contributed by atoms with Crippen LogP contribution in [0.2, 0.25) is 1.41 Å². The number of halogens is 1. The summed E-state index contributed by atoms with van der Waals surface area (Å²) >= 11 is 0. The smallest absolute Gasteiger partial charge is 0.125 e. The molecule has 1 fully saturated rings. The number of nitrogens with one attached hydrogen (secondary N) is 1. The molecular weight excluding hydrogens is 69.0 g/mol. The van der Waals surface area contributed by atoms with Crippen LogP contribution in [0.3, 0.4) is 0 Å². The Bertz CT molecular complexity index is 141. The Balaban J connectivity index is 2.82. The number of rotatable bonds is 0. The van der Waals surface area contributed by atoms with Crippen LogP contribution in [0.1, 0.15) is 5.48 Å². The second-order valence-electron chi connectivity index (χ2n) is 0.718.